The lowest BCUT2D eigenvalue weighted by atomic mass is 10.2. The summed E-state index contributed by atoms with van der Waals surface area (Å²) in [5.41, 5.74) is 0.237. The molecule has 2 aromatic rings. The minimum Gasteiger partial charge on any atom is -0.477 e. The smallest absolute Gasteiger partial charge is 0.345 e. The van der Waals surface area contributed by atoms with Crippen LogP contribution in [0.3, 0.4) is 0 Å². The van der Waals surface area contributed by atoms with Gasteiger partial charge in [0, 0.05) is 4.70 Å². The maximum atomic E-state index is 11.1. The monoisotopic (exact) mass is 305 g/mol. The van der Waals surface area contributed by atoms with Crippen LogP contribution in [-0.2, 0) is 10.0 Å². The van der Waals surface area contributed by atoms with Crippen molar-refractivity contribution in [3.63, 3.8) is 0 Å². The number of hydrogen-bond donors (Lipinski definition) is 2. The van der Waals surface area contributed by atoms with Crippen molar-refractivity contribution in [2.75, 3.05) is 11.0 Å². The number of thiophene rings is 1. The number of carboxylic acids is 1. The van der Waals surface area contributed by atoms with Crippen molar-refractivity contribution in [1.29, 1.82) is 0 Å². The summed E-state index contributed by atoms with van der Waals surface area (Å²) in [6, 6.07) is 4.54. The second kappa shape index (κ2) is 4.42. The molecule has 2 rings (SSSR count). The normalized spacial score (nSPS) is 11.7. The number of anilines is 1. The molecule has 0 bridgehead atoms. The van der Waals surface area contributed by atoms with Crippen molar-refractivity contribution in [3.05, 3.63) is 28.1 Å². The summed E-state index contributed by atoms with van der Waals surface area (Å²) in [5, 5.41) is 9.74. The summed E-state index contributed by atoms with van der Waals surface area (Å²) >= 11 is 7.02. The van der Waals surface area contributed by atoms with E-state index in [4.69, 9.17) is 16.7 Å². The molecule has 18 heavy (non-hydrogen) atoms. The Morgan fingerprint density at radius 2 is 2.06 bits per heavy atom. The van der Waals surface area contributed by atoms with E-state index in [9.17, 15) is 13.2 Å². The van der Waals surface area contributed by atoms with Crippen LogP contribution in [0.1, 0.15) is 9.67 Å². The summed E-state index contributed by atoms with van der Waals surface area (Å²) < 4.78 is 25.3. The van der Waals surface area contributed by atoms with E-state index in [0.717, 1.165) is 17.6 Å². The molecule has 1 heterocycles. The Hall–Kier alpha value is -1.31. The Morgan fingerprint density at radius 1 is 1.39 bits per heavy atom. The zero-order chi connectivity index (χ0) is 13.5. The van der Waals surface area contributed by atoms with E-state index in [-0.39, 0.29) is 15.6 Å². The fourth-order valence-corrected chi connectivity index (χ4v) is 3.27. The minimum absolute atomic E-state index is 0.178. The van der Waals surface area contributed by atoms with Gasteiger partial charge in [-0.3, -0.25) is 4.72 Å². The predicted molar refractivity (Wildman–Crippen MR) is 72.3 cm³/mol. The van der Waals surface area contributed by atoms with E-state index in [0.29, 0.717) is 10.1 Å². The second-order valence-corrected chi connectivity index (χ2v) is 6.90. The third-order valence-corrected chi connectivity index (χ3v) is 4.10. The number of sulfonamides is 1. The van der Waals surface area contributed by atoms with Crippen molar-refractivity contribution in [1.82, 2.24) is 0 Å². The lowest BCUT2D eigenvalue weighted by molar-refractivity contribution is 0.0702. The molecule has 0 aliphatic rings. The maximum absolute atomic E-state index is 11.1. The van der Waals surface area contributed by atoms with Gasteiger partial charge in [0.05, 0.1) is 17.0 Å². The third kappa shape index (κ3) is 2.74. The highest BCUT2D eigenvalue weighted by Gasteiger charge is 2.12. The fraction of sp³-hybridized carbons (Fsp3) is 0.100. The van der Waals surface area contributed by atoms with E-state index in [2.05, 4.69) is 4.72 Å². The van der Waals surface area contributed by atoms with E-state index in [1.807, 2.05) is 0 Å². The van der Waals surface area contributed by atoms with Gasteiger partial charge in [-0.25, -0.2) is 13.2 Å². The highest BCUT2D eigenvalue weighted by molar-refractivity contribution is 7.92. The minimum atomic E-state index is -3.43. The van der Waals surface area contributed by atoms with Gasteiger partial charge in [-0.05, 0) is 23.6 Å². The largest absolute Gasteiger partial charge is 0.477 e. The lowest BCUT2D eigenvalue weighted by Crippen LogP contribution is -2.09. The molecule has 1 aromatic carbocycles. The Kier molecular flexibility index (Phi) is 3.22. The zero-order valence-corrected chi connectivity index (χ0v) is 11.5. The van der Waals surface area contributed by atoms with Crippen LogP contribution in [0, 0.1) is 0 Å². The number of benzene rings is 1. The van der Waals surface area contributed by atoms with Crippen molar-refractivity contribution in [2.45, 2.75) is 0 Å². The molecule has 5 nitrogen and oxygen atoms in total. The van der Waals surface area contributed by atoms with Gasteiger partial charge in [0.2, 0.25) is 10.0 Å². The van der Waals surface area contributed by atoms with Crippen molar-refractivity contribution < 1.29 is 18.3 Å². The van der Waals surface area contributed by atoms with Gasteiger partial charge in [-0.1, -0.05) is 11.6 Å². The number of rotatable bonds is 3. The van der Waals surface area contributed by atoms with Crippen LogP contribution in [0.4, 0.5) is 5.69 Å². The molecule has 0 saturated heterocycles. The average Bonchev–Trinajstić information content (AvgIpc) is 2.59. The Morgan fingerprint density at radius 3 is 2.61 bits per heavy atom. The number of fused-ring (bicyclic) bond motifs is 1. The Bertz CT molecular complexity index is 736. The van der Waals surface area contributed by atoms with Crippen LogP contribution in [0.5, 0.6) is 0 Å². The van der Waals surface area contributed by atoms with Gasteiger partial charge in [-0.2, -0.15) is 0 Å². The molecule has 0 fully saturated rings. The molecule has 0 spiro atoms. The number of nitrogens with one attached hydrogen (secondary N) is 1. The molecular formula is C10H8ClNO4S2. The highest BCUT2D eigenvalue weighted by Crippen LogP contribution is 2.33. The van der Waals surface area contributed by atoms with Crippen LogP contribution >= 0.6 is 22.9 Å². The lowest BCUT2D eigenvalue weighted by Gasteiger charge is -2.05. The molecule has 0 aliphatic heterocycles. The van der Waals surface area contributed by atoms with Gasteiger partial charge in [0.1, 0.15) is 4.88 Å². The van der Waals surface area contributed by atoms with Crippen LogP contribution < -0.4 is 4.72 Å². The summed E-state index contributed by atoms with van der Waals surface area (Å²) in [6.45, 7) is 0. The standard InChI is InChI=1S/C10H8ClNO4S2/c1-18(15,16)12-7-2-5-3-9(10(13)14)17-8(5)4-6(7)11/h2-4,12H,1H3,(H,13,14). The number of carboxylic acid groups (broad SMARTS) is 1. The van der Waals surface area contributed by atoms with Crippen molar-refractivity contribution >= 4 is 54.7 Å². The maximum Gasteiger partial charge on any atom is 0.345 e. The molecule has 0 aliphatic carbocycles. The van der Waals surface area contributed by atoms with E-state index in [1.54, 1.807) is 6.07 Å². The van der Waals surface area contributed by atoms with Gasteiger partial charge in [0.25, 0.3) is 0 Å². The first-order valence-corrected chi connectivity index (χ1v) is 7.79. The van der Waals surface area contributed by atoms with E-state index < -0.39 is 16.0 Å². The molecule has 8 heteroatoms. The van der Waals surface area contributed by atoms with Crippen molar-refractivity contribution in [2.24, 2.45) is 0 Å². The number of carbonyl (C=O) groups is 1. The number of aromatic carboxylic acids is 1. The molecule has 0 amide bonds. The summed E-state index contributed by atoms with van der Waals surface area (Å²) in [4.78, 5) is 11.0. The van der Waals surface area contributed by atoms with E-state index >= 15 is 0 Å². The molecule has 0 unspecified atom stereocenters. The molecular weight excluding hydrogens is 298 g/mol. The van der Waals surface area contributed by atoms with Gasteiger partial charge >= 0.3 is 5.97 Å². The summed E-state index contributed by atoms with van der Waals surface area (Å²) in [5.74, 6) is -1.02. The molecule has 2 N–H and O–H groups in total. The van der Waals surface area contributed by atoms with Gasteiger partial charge < -0.3 is 5.11 Å². The van der Waals surface area contributed by atoms with Crippen LogP contribution in [0.2, 0.25) is 5.02 Å². The quantitative estimate of drug-likeness (QED) is 0.913. The average molecular weight is 306 g/mol. The number of halogens is 1. The molecule has 0 saturated carbocycles. The van der Waals surface area contributed by atoms with Crippen LogP contribution in [0.25, 0.3) is 10.1 Å². The molecule has 0 radical (unpaired) electrons. The first-order chi connectivity index (χ1) is 8.26. The fourth-order valence-electron chi connectivity index (χ4n) is 1.45. The second-order valence-electron chi connectivity index (χ2n) is 3.66. The predicted octanol–water partition coefficient (Wildman–Crippen LogP) is 2.62. The topological polar surface area (TPSA) is 83.5 Å². The van der Waals surface area contributed by atoms with E-state index in [1.165, 1.54) is 12.1 Å². The first kappa shape index (κ1) is 13.1. The SMILES string of the molecule is CS(=O)(=O)Nc1cc2cc(C(=O)O)sc2cc1Cl. The first-order valence-electron chi connectivity index (χ1n) is 4.70. The van der Waals surface area contributed by atoms with Crippen LogP contribution in [-0.4, -0.2) is 25.7 Å². The summed E-state index contributed by atoms with van der Waals surface area (Å²) in [7, 11) is -3.43. The highest BCUT2D eigenvalue weighted by atomic mass is 35.5. The van der Waals surface area contributed by atoms with Gasteiger partial charge in [0.15, 0.2) is 0 Å². The van der Waals surface area contributed by atoms with Crippen molar-refractivity contribution in [3.8, 4) is 0 Å². The Labute approximate surface area is 112 Å². The molecule has 0 atom stereocenters. The molecule has 96 valence electrons. The summed E-state index contributed by atoms with van der Waals surface area (Å²) in [6.07, 6.45) is 1.02. The zero-order valence-electron chi connectivity index (χ0n) is 9.10. The number of hydrogen-bond acceptors (Lipinski definition) is 4. The van der Waals surface area contributed by atoms with Crippen LogP contribution in [0.15, 0.2) is 18.2 Å². The van der Waals surface area contributed by atoms with Gasteiger partial charge in [-0.15, -0.1) is 11.3 Å². The molecule has 1 aromatic heterocycles. The third-order valence-electron chi connectivity index (χ3n) is 2.11. The Balaban J connectivity index is 2.57.